The summed E-state index contributed by atoms with van der Waals surface area (Å²) in [5.41, 5.74) is 8.02. The number of benzene rings is 1. The Morgan fingerprint density at radius 1 is 1.48 bits per heavy atom. The number of nitrogens with one attached hydrogen (secondary N) is 1. The van der Waals surface area contributed by atoms with Crippen molar-refractivity contribution in [3.05, 3.63) is 28.8 Å². The van der Waals surface area contributed by atoms with Crippen molar-refractivity contribution in [2.75, 3.05) is 24.5 Å². The zero-order valence-corrected chi connectivity index (χ0v) is 13.5. The van der Waals surface area contributed by atoms with Gasteiger partial charge in [-0.1, -0.05) is 17.7 Å². The number of rotatable bonds is 4. The van der Waals surface area contributed by atoms with Crippen LogP contribution in [0.4, 0.5) is 5.69 Å². The Hall–Kier alpha value is -1.26. The fraction of sp³-hybridized carbons (Fsp3) is 0.562. The molecule has 0 bridgehead atoms. The van der Waals surface area contributed by atoms with Crippen molar-refractivity contribution in [3.8, 4) is 0 Å². The minimum atomic E-state index is -0.0000542. The third kappa shape index (κ3) is 4.35. The van der Waals surface area contributed by atoms with Gasteiger partial charge in [-0.3, -0.25) is 4.79 Å². The number of nitrogens with two attached hydrogens (primary N) is 1. The van der Waals surface area contributed by atoms with Crippen LogP contribution in [-0.2, 0) is 4.79 Å². The summed E-state index contributed by atoms with van der Waals surface area (Å²) in [5.74, 6) is 0.610. The predicted octanol–water partition coefficient (Wildman–Crippen LogP) is 2.71. The molecule has 1 amide bonds. The molecule has 3 N–H and O–H groups in total. The Morgan fingerprint density at radius 3 is 2.67 bits per heavy atom. The van der Waals surface area contributed by atoms with Crippen LogP contribution >= 0.6 is 11.6 Å². The van der Waals surface area contributed by atoms with E-state index in [4.69, 9.17) is 17.3 Å². The van der Waals surface area contributed by atoms with E-state index in [-0.39, 0.29) is 11.9 Å². The summed E-state index contributed by atoms with van der Waals surface area (Å²) in [5, 5.41) is 3.67. The molecule has 1 heterocycles. The maximum absolute atomic E-state index is 11.0. The molecule has 0 radical (unpaired) electrons. The first-order valence-electron chi connectivity index (χ1n) is 7.51. The van der Waals surface area contributed by atoms with E-state index in [1.54, 1.807) is 6.92 Å². The van der Waals surface area contributed by atoms with Crippen LogP contribution in [0.3, 0.4) is 0 Å². The highest BCUT2D eigenvalue weighted by atomic mass is 35.5. The number of piperidine rings is 1. The van der Waals surface area contributed by atoms with E-state index < -0.39 is 0 Å². The normalized spacial score (nSPS) is 17.6. The van der Waals surface area contributed by atoms with Crippen molar-refractivity contribution in [2.45, 2.75) is 32.7 Å². The van der Waals surface area contributed by atoms with Gasteiger partial charge in [-0.15, -0.1) is 0 Å². The average molecular weight is 310 g/mol. The number of halogens is 1. The van der Waals surface area contributed by atoms with Gasteiger partial charge in [0.15, 0.2) is 0 Å². The highest BCUT2D eigenvalue weighted by Crippen LogP contribution is 2.31. The lowest BCUT2D eigenvalue weighted by Crippen LogP contribution is -2.38. The van der Waals surface area contributed by atoms with Crippen LogP contribution in [0.5, 0.6) is 0 Å². The molecule has 1 unspecified atom stereocenters. The Labute approximate surface area is 131 Å². The first-order chi connectivity index (χ1) is 9.97. The van der Waals surface area contributed by atoms with Gasteiger partial charge in [0.2, 0.25) is 5.91 Å². The Kier molecular flexibility index (Phi) is 5.48. The molecule has 1 aromatic rings. The molecule has 21 heavy (non-hydrogen) atoms. The average Bonchev–Trinajstić information content (AvgIpc) is 2.45. The molecule has 1 aromatic carbocycles. The van der Waals surface area contributed by atoms with E-state index in [1.165, 1.54) is 0 Å². The quantitative estimate of drug-likeness (QED) is 0.899. The van der Waals surface area contributed by atoms with Gasteiger partial charge in [0.25, 0.3) is 0 Å². The molecule has 2 rings (SSSR count). The van der Waals surface area contributed by atoms with Gasteiger partial charge in [0.1, 0.15) is 0 Å². The van der Waals surface area contributed by atoms with E-state index in [2.05, 4.69) is 22.3 Å². The summed E-state index contributed by atoms with van der Waals surface area (Å²) in [6.45, 7) is 6.25. The summed E-state index contributed by atoms with van der Waals surface area (Å²) in [7, 11) is 0. The fourth-order valence-corrected chi connectivity index (χ4v) is 3.04. The molecule has 0 saturated carbocycles. The van der Waals surface area contributed by atoms with Crippen LogP contribution < -0.4 is 16.0 Å². The van der Waals surface area contributed by atoms with Gasteiger partial charge in [-0.2, -0.15) is 0 Å². The number of nitrogens with zero attached hydrogens (tertiary/aromatic N) is 1. The number of hydrogen-bond acceptors (Lipinski definition) is 3. The van der Waals surface area contributed by atoms with Crippen LogP contribution in [0.1, 0.15) is 38.3 Å². The van der Waals surface area contributed by atoms with E-state index >= 15 is 0 Å². The Morgan fingerprint density at radius 2 is 2.14 bits per heavy atom. The van der Waals surface area contributed by atoms with Crippen LogP contribution in [0.2, 0.25) is 5.02 Å². The van der Waals surface area contributed by atoms with E-state index in [0.717, 1.165) is 48.7 Å². The van der Waals surface area contributed by atoms with Crippen molar-refractivity contribution >= 4 is 23.2 Å². The van der Waals surface area contributed by atoms with Crippen LogP contribution in [-0.4, -0.2) is 25.5 Å². The predicted molar refractivity (Wildman–Crippen MR) is 87.7 cm³/mol. The first-order valence-corrected chi connectivity index (χ1v) is 7.89. The molecule has 0 spiro atoms. The molecule has 1 atom stereocenters. The van der Waals surface area contributed by atoms with Crippen LogP contribution in [0.25, 0.3) is 0 Å². The number of hydrogen-bond donors (Lipinski definition) is 2. The van der Waals surface area contributed by atoms with Crippen molar-refractivity contribution in [2.24, 2.45) is 11.7 Å². The molecule has 1 aliphatic rings. The summed E-state index contributed by atoms with van der Waals surface area (Å²) < 4.78 is 0. The lowest BCUT2D eigenvalue weighted by atomic mass is 9.96. The van der Waals surface area contributed by atoms with Gasteiger partial charge in [-0.05, 0) is 43.4 Å². The van der Waals surface area contributed by atoms with E-state index in [1.807, 2.05) is 13.0 Å². The summed E-state index contributed by atoms with van der Waals surface area (Å²) in [6, 6.07) is 6.08. The largest absolute Gasteiger partial charge is 0.370 e. The SMILES string of the molecule is CC(=O)NCC1CCN(c2ccc(C(C)N)cc2Cl)CC1. The molecular formula is C16H24ClN3O. The summed E-state index contributed by atoms with van der Waals surface area (Å²) in [4.78, 5) is 13.3. The minimum Gasteiger partial charge on any atom is -0.370 e. The third-order valence-corrected chi connectivity index (χ3v) is 4.40. The molecular weight excluding hydrogens is 286 g/mol. The van der Waals surface area contributed by atoms with Crippen molar-refractivity contribution in [3.63, 3.8) is 0 Å². The second kappa shape index (κ2) is 7.14. The highest BCUT2D eigenvalue weighted by Gasteiger charge is 2.21. The van der Waals surface area contributed by atoms with Crippen LogP contribution in [0, 0.1) is 5.92 Å². The topological polar surface area (TPSA) is 58.4 Å². The standard InChI is InChI=1S/C16H24ClN3O/c1-11(18)14-3-4-16(15(17)9-14)20-7-5-13(6-8-20)10-19-12(2)21/h3-4,9,11,13H,5-8,10,18H2,1-2H3,(H,19,21). The fourth-order valence-electron chi connectivity index (χ4n) is 2.73. The second-order valence-corrected chi connectivity index (χ2v) is 6.27. The van der Waals surface area contributed by atoms with Gasteiger partial charge in [0, 0.05) is 32.6 Å². The van der Waals surface area contributed by atoms with Gasteiger partial charge in [-0.25, -0.2) is 0 Å². The van der Waals surface area contributed by atoms with Gasteiger partial charge >= 0.3 is 0 Å². The van der Waals surface area contributed by atoms with Gasteiger partial charge < -0.3 is 16.0 Å². The number of anilines is 1. The molecule has 4 nitrogen and oxygen atoms in total. The third-order valence-electron chi connectivity index (χ3n) is 4.09. The van der Waals surface area contributed by atoms with Crippen molar-refractivity contribution in [1.29, 1.82) is 0 Å². The molecule has 1 aliphatic heterocycles. The molecule has 1 fully saturated rings. The molecule has 0 aromatic heterocycles. The van der Waals surface area contributed by atoms with Crippen molar-refractivity contribution < 1.29 is 4.79 Å². The van der Waals surface area contributed by atoms with Gasteiger partial charge in [0.05, 0.1) is 10.7 Å². The molecule has 116 valence electrons. The number of amides is 1. The van der Waals surface area contributed by atoms with E-state index in [0.29, 0.717) is 5.92 Å². The Balaban J connectivity index is 1.94. The minimum absolute atomic E-state index is 0.0000542. The molecule has 5 heteroatoms. The zero-order chi connectivity index (χ0) is 15.4. The molecule has 0 aliphatic carbocycles. The lowest BCUT2D eigenvalue weighted by Gasteiger charge is -2.34. The number of carbonyl (C=O) groups excluding carboxylic acids is 1. The summed E-state index contributed by atoms with van der Waals surface area (Å²) >= 11 is 6.39. The Bertz CT molecular complexity index is 496. The maximum Gasteiger partial charge on any atom is 0.216 e. The zero-order valence-electron chi connectivity index (χ0n) is 12.7. The first kappa shape index (κ1) is 16.1. The molecule has 1 saturated heterocycles. The van der Waals surface area contributed by atoms with Crippen molar-refractivity contribution in [1.82, 2.24) is 5.32 Å². The second-order valence-electron chi connectivity index (χ2n) is 5.87. The smallest absolute Gasteiger partial charge is 0.216 e. The monoisotopic (exact) mass is 309 g/mol. The number of carbonyl (C=O) groups is 1. The van der Waals surface area contributed by atoms with Crippen LogP contribution in [0.15, 0.2) is 18.2 Å². The highest BCUT2D eigenvalue weighted by molar-refractivity contribution is 6.33. The summed E-state index contributed by atoms with van der Waals surface area (Å²) in [6.07, 6.45) is 2.15. The lowest BCUT2D eigenvalue weighted by molar-refractivity contribution is -0.119. The maximum atomic E-state index is 11.0. The van der Waals surface area contributed by atoms with E-state index in [9.17, 15) is 4.79 Å².